The van der Waals surface area contributed by atoms with Gasteiger partial charge in [-0.05, 0) is 0 Å². The van der Waals surface area contributed by atoms with Crippen LogP contribution in [0.2, 0.25) is 0 Å². The van der Waals surface area contributed by atoms with Gasteiger partial charge in [0.15, 0.2) is 5.78 Å². The first kappa shape index (κ1) is 9.74. The Morgan fingerprint density at radius 2 is 1.77 bits per heavy atom. The highest BCUT2D eigenvalue weighted by atomic mass is 35.5. The molecule has 0 aromatic heterocycles. The number of carboxylic acid groups (broad SMARTS) is 1. The maximum absolute atomic E-state index is 11.2. The van der Waals surface area contributed by atoms with Gasteiger partial charge >= 0.3 is 0 Å². The molecule has 0 radical (unpaired) electrons. The molecule has 0 spiro atoms. The summed E-state index contributed by atoms with van der Waals surface area (Å²) in [6.07, 6.45) is 0. The standard InChI is InChI=1S/C9H7ClO3/c10-7(9(12)13)8(11)6-4-2-1-3-5-6/h1-5,7H,(H,12,13)/p-1. The third-order valence-electron chi connectivity index (χ3n) is 1.50. The molecule has 0 amide bonds. The number of Topliss-reactive ketones (excluding diaryl/α,β-unsaturated/α-hetero) is 1. The van der Waals surface area contributed by atoms with E-state index in [0.29, 0.717) is 0 Å². The number of carbonyl (C=O) groups excluding carboxylic acids is 2. The number of benzene rings is 1. The quantitative estimate of drug-likeness (QED) is 0.396. The van der Waals surface area contributed by atoms with Crippen molar-refractivity contribution in [2.45, 2.75) is 5.38 Å². The van der Waals surface area contributed by atoms with Gasteiger partial charge in [0.05, 0.1) is 5.97 Å². The Morgan fingerprint density at radius 3 is 2.23 bits per heavy atom. The number of hydrogen-bond acceptors (Lipinski definition) is 3. The van der Waals surface area contributed by atoms with E-state index < -0.39 is 17.1 Å². The molecule has 0 aliphatic heterocycles. The molecule has 0 saturated heterocycles. The third kappa shape index (κ3) is 2.29. The maximum Gasteiger partial charge on any atom is 0.186 e. The van der Waals surface area contributed by atoms with E-state index >= 15 is 0 Å². The lowest BCUT2D eigenvalue weighted by molar-refractivity contribution is -0.303. The van der Waals surface area contributed by atoms with E-state index in [-0.39, 0.29) is 5.56 Å². The summed E-state index contributed by atoms with van der Waals surface area (Å²) in [5, 5.41) is 8.64. The number of rotatable bonds is 3. The van der Waals surface area contributed by atoms with Crippen LogP contribution in [0.3, 0.4) is 0 Å². The predicted octanol–water partition coefficient (Wildman–Crippen LogP) is 0.227. The topological polar surface area (TPSA) is 57.2 Å². The molecule has 13 heavy (non-hydrogen) atoms. The lowest BCUT2D eigenvalue weighted by Gasteiger charge is -2.08. The van der Waals surface area contributed by atoms with Crippen LogP contribution in [0.25, 0.3) is 0 Å². The molecule has 0 aliphatic rings. The largest absolute Gasteiger partial charge is 0.548 e. The highest BCUT2D eigenvalue weighted by molar-refractivity contribution is 6.42. The SMILES string of the molecule is O=C([O-])C(Cl)C(=O)c1ccccc1. The smallest absolute Gasteiger partial charge is 0.186 e. The van der Waals surface area contributed by atoms with Crippen LogP contribution in [0, 0.1) is 0 Å². The highest BCUT2D eigenvalue weighted by Gasteiger charge is 2.17. The van der Waals surface area contributed by atoms with Gasteiger partial charge in [-0.15, -0.1) is 11.6 Å². The van der Waals surface area contributed by atoms with Crippen LogP contribution in [-0.2, 0) is 4.79 Å². The molecule has 4 heteroatoms. The number of alkyl halides is 1. The fraction of sp³-hybridized carbons (Fsp3) is 0.111. The molecule has 1 aromatic carbocycles. The summed E-state index contributed by atoms with van der Waals surface area (Å²) < 4.78 is 0. The first-order chi connectivity index (χ1) is 6.13. The number of ketones is 1. The molecule has 0 bridgehead atoms. The Balaban J connectivity index is 2.86. The Bertz CT molecular complexity index is 321. The number of hydrogen-bond donors (Lipinski definition) is 0. The third-order valence-corrected chi connectivity index (χ3v) is 1.87. The molecule has 3 nitrogen and oxygen atoms in total. The van der Waals surface area contributed by atoms with Gasteiger partial charge in [-0.1, -0.05) is 30.3 Å². The zero-order valence-electron chi connectivity index (χ0n) is 6.57. The minimum Gasteiger partial charge on any atom is -0.548 e. The van der Waals surface area contributed by atoms with E-state index in [9.17, 15) is 14.7 Å². The summed E-state index contributed by atoms with van der Waals surface area (Å²) in [5.41, 5.74) is 0.270. The van der Waals surface area contributed by atoms with Crippen molar-refractivity contribution in [3.63, 3.8) is 0 Å². The second-order valence-corrected chi connectivity index (χ2v) is 2.85. The minimum atomic E-state index is -1.61. The fourth-order valence-electron chi connectivity index (χ4n) is 0.856. The number of halogens is 1. The van der Waals surface area contributed by atoms with Gasteiger partial charge in [0.2, 0.25) is 0 Å². The second kappa shape index (κ2) is 4.05. The van der Waals surface area contributed by atoms with Crippen molar-refractivity contribution < 1.29 is 14.7 Å². The van der Waals surface area contributed by atoms with E-state index in [4.69, 9.17) is 11.6 Å². The maximum atomic E-state index is 11.2. The average Bonchev–Trinajstić information content (AvgIpc) is 2.17. The first-order valence-corrected chi connectivity index (χ1v) is 4.01. The molecule has 0 fully saturated rings. The molecule has 0 N–H and O–H groups in total. The van der Waals surface area contributed by atoms with Crippen molar-refractivity contribution in [2.24, 2.45) is 0 Å². The van der Waals surface area contributed by atoms with E-state index in [1.54, 1.807) is 18.2 Å². The van der Waals surface area contributed by atoms with Crippen molar-refractivity contribution >= 4 is 23.4 Å². The average molecular weight is 198 g/mol. The molecule has 68 valence electrons. The van der Waals surface area contributed by atoms with Crippen LogP contribution in [0.5, 0.6) is 0 Å². The summed E-state index contributed by atoms with van der Waals surface area (Å²) in [5.74, 6) is -2.22. The number of carbonyl (C=O) groups is 2. The number of carboxylic acids is 1. The van der Waals surface area contributed by atoms with E-state index in [0.717, 1.165) is 0 Å². The van der Waals surface area contributed by atoms with Gasteiger partial charge in [-0.25, -0.2) is 0 Å². The molecule has 0 saturated carbocycles. The van der Waals surface area contributed by atoms with Gasteiger partial charge in [0, 0.05) is 5.56 Å². The van der Waals surface area contributed by atoms with Crippen molar-refractivity contribution in [3.8, 4) is 0 Å². The highest BCUT2D eigenvalue weighted by Crippen LogP contribution is 2.07. The summed E-state index contributed by atoms with van der Waals surface area (Å²) in [7, 11) is 0. The lowest BCUT2D eigenvalue weighted by Crippen LogP contribution is -2.37. The Hall–Kier alpha value is -1.35. The van der Waals surface area contributed by atoms with E-state index in [1.807, 2.05) is 0 Å². The van der Waals surface area contributed by atoms with Gasteiger partial charge < -0.3 is 9.90 Å². The summed E-state index contributed by atoms with van der Waals surface area (Å²) in [6.45, 7) is 0. The zero-order chi connectivity index (χ0) is 9.84. The van der Waals surface area contributed by atoms with Crippen molar-refractivity contribution in [1.29, 1.82) is 0 Å². The van der Waals surface area contributed by atoms with Crippen LogP contribution in [-0.4, -0.2) is 17.1 Å². The van der Waals surface area contributed by atoms with Crippen LogP contribution >= 0.6 is 11.6 Å². The molecule has 0 aliphatic carbocycles. The minimum absolute atomic E-state index is 0.270. The number of aliphatic carboxylic acids is 1. The zero-order valence-corrected chi connectivity index (χ0v) is 7.32. The second-order valence-electron chi connectivity index (χ2n) is 2.41. The summed E-state index contributed by atoms with van der Waals surface area (Å²) >= 11 is 5.29. The van der Waals surface area contributed by atoms with Gasteiger partial charge in [-0.3, -0.25) is 4.79 Å². The lowest BCUT2D eigenvalue weighted by atomic mass is 10.1. The molecule has 1 atom stereocenters. The van der Waals surface area contributed by atoms with Crippen molar-refractivity contribution in [1.82, 2.24) is 0 Å². The van der Waals surface area contributed by atoms with Crippen LogP contribution in [0.4, 0.5) is 0 Å². The van der Waals surface area contributed by atoms with Gasteiger partial charge in [0.1, 0.15) is 5.38 Å². The van der Waals surface area contributed by atoms with Crippen LogP contribution in [0.15, 0.2) is 30.3 Å². The molecular weight excluding hydrogens is 192 g/mol. The monoisotopic (exact) mass is 197 g/mol. The van der Waals surface area contributed by atoms with Gasteiger partial charge in [0.25, 0.3) is 0 Å². The van der Waals surface area contributed by atoms with Crippen molar-refractivity contribution in [2.75, 3.05) is 0 Å². The van der Waals surface area contributed by atoms with Gasteiger partial charge in [-0.2, -0.15) is 0 Å². The fourth-order valence-corrected chi connectivity index (χ4v) is 0.982. The molecule has 0 heterocycles. The molecule has 1 rings (SSSR count). The Labute approximate surface area is 79.9 Å². The Kier molecular flexibility index (Phi) is 3.03. The van der Waals surface area contributed by atoms with E-state index in [1.165, 1.54) is 12.1 Å². The molecule has 1 unspecified atom stereocenters. The predicted molar refractivity (Wildman–Crippen MR) is 45.4 cm³/mol. The van der Waals surface area contributed by atoms with E-state index in [2.05, 4.69) is 0 Å². The Morgan fingerprint density at radius 1 is 1.23 bits per heavy atom. The normalized spacial score (nSPS) is 12.1. The van der Waals surface area contributed by atoms with Crippen LogP contribution < -0.4 is 5.11 Å². The summed E-state index contributed by atoms with van der Waals surface area (Å²) in [6, 6.07) is 7.98. The van der Waals surface area contributed by atoms with Crippen LogP contribution in [0.1, 0.15) is 10.4 Å². The molecular formula is C9H6ClO3-. The molecule has 1 aromatic rings. The first-order valence-electron chi connectivity index (χ1n) is 3.57. The summed E-state index contributed by atoms with van der Waals surface area (Å²) in [4.78, 5) is 21.5. The van der Waals surface area contributed by atoms with Crippen molar-refractivity contribution in [3.05, 3.63) is 35.9 Å².